The van der Waals surface area contributed by atoms with Crippen molar-refractivity contribution in [2.24, 2.45) is 24.8 Å². The molecule has 6 aliphatic heterocycles. The Morgan fingerprint density at radius 2 is 1.53 bits per heavy atom. The standard InChI is InChI=1S/C64H79N9O8/c1-40-11-15-46(66-47-33-49-38-80-39-50(34-47)72(49)63(79)81-64(3,4)5)35-54(40)59(75)65-41(2)51-17-14-44(52-9-7-8-10-53(51)52)13-12-42-21-27-69(28-22-42)37-43-23-29-71(30-24-43)61(77)45-25-31-70(32-26-45)48-16-18-55-57(36-48)68(6)62(78)73(55)56-19-20-58(74)67-60(56)76/h7-11,14-18,35-36,41-43,45,47,49-50,56,66H,19-34,37-39H2,1-6H3,(H,65,75)(H,67,74,76)/t41-,47?,49?,50?,56?/m1/s1. The number of morpholine rings is 1. The Balaban J connectivity index is 0.630. The first-order chi connectivity index (χ1) is 38.9. The third-order valence-electron chi connectivity index (χ3n) is 18.0. The highest BCUT2D eigenvalue weighted by atomic mass is 16.6. The van der Waals surface area contributed by atoms with Gasteiger partial charge in [0.05, 0.1) is 42.4 Å². The number of piperidine rings is 5. The number of hydrogen-bond acceptors (Lipinski definition) is 11. The minimum absolute atomic E-state index is 0.00284. The molecule has 17 nitrogen and oxygen atoms in total. The predicted molar refractivity (Wildman–Crippen MR) is 313 cm³/mol. The lowest BCUT2D eigenvalue weighted by Crippen LogP contribution is -2.61. The average molecular weight is 1100 g/mol. The van der Waals surface area contributed by atoms with Crippen molar-refractivity contribution in [3.05, 3.63) is 106 Å². The SMILES string of the molecule is Cc1ccc(NC2CC3COCC(C2)N3C(=O)OC(C)(C)C)cc1C(=O)N[C@H](C)c1ccc(C#CC2CCN(CC3CCN(C(=O)C4CCN(c5ccc6c(c5)n(C)c(=O)n6C5CCC(=O)NC5=O)CC4)CC3)CC2)c2ccccc12. The van der Waals surface area contributed by atoms with Gasteiger partial charge in [0.2, 0.25) is 17.7 Å². The lowest BCUT2D eigenvalue weighted by atomic mass is 9.90. The summed E-state index contributed by atoms with van der Waals surface area (Å²) in [6.07, 6.45) is 7.31. The van der Waals surface area contributed by atoms with Crippen molar-refractivity contribution in [3.63, 3.8) is 0 Å². The van der Waals surface area contributed by atoms with E-state index >= 15 is 0 Å². The summed E-state index contributed by atoms with van der Waals surface area (Å²) in [4.78, 5) is 87.7. The molecular formula is C64H79N9O8. The molecule has 3 N–H and O–H groups in total. The number of aromatic nitrogens is 2. The number of amides is 5. The first-order valence-corrected chi connectivity index (χ1v) is 29.6. The summed E-state index contributed by atoms with van der Waals surface area (Å²) in [5, 5.41) is 11.5. The normalized spacial score (nSPS) is 23.0. The maximum Gasteiger partial charge on any atom is 0.410 e. The molecule has 0 radical (unpaired) electrons. The molecule has 6 fully saturated rings. The van der Waals surface area contributed by atoms with Gasteiger partial charge in [-0.2, -0.15) is 0 Å². The quantitative estimate of drug-likeness (QED) is 0.0910. The van der Waals surface area contributed by atoms with Gasteiger partial charge >= 0.3 is 11.8 Å². The van der Waals surface area contributed by atoms with E-state index in [2.05, 4.69) is 72.8 Å². The summed E-state index contributed by atoms with van der Waals surface area (Å²) >= 11 is 0. The number of anilines is 2. The van der Waals surface area contributed by atoms with E-state index in [-0.39, 0.29) is 66.0 Å². The Kier molecular flexibility index (Phi) is 16.1. The van der Waals surface area contributed by atoms with Crippen LogP contribution in [0.3, 0.4) is 0 Å². The molecular weight excluding hydrogens is 1020 g/mol. The number of imidazole rings is 1. The van der Waals surface area contributed by atoms with Gasteiger partial charge in [0, 0.05) is 86.6 Å². The van der Waals surface area contributed by atoms with Gasteiger partial charge in [-0.3, -0.25) is 38.5 Å². The maximum atomic E-state index is 14.0. The average Bonchev–Trinajstić information content (AvgIpc) is 3.90. The second kappa shape index (κ2) is 23.4. The molecule has 81 heavy (non-hydrogen) atoms. The van der Waals surface area contributed by atoms with Crippen LogP contribution < -0.4 is 26.5 Å². The Hall–Kier alpha value is -7.16. The molecule has 7 heterocycles. The zero-order valence-electron chi connectivity index (χ0n) is 47.9. The van der Waals surface area contributed by atoms with Crippen LogP contribution in [0.1, 0.15) is 131 Å². The Labute approximate surface area is 475 Å². The van der Waals surface area contributed by atoms with Crippen molar-refractivity contribution in [1.29, 1.82) is 0 Å². The minimum Gasteiger partial charge on any atom is -0.444 e. The van der Waals surface area contributed by atoms with Gasteiger partial charge in [-0.25, -0.2) is 9.59 Å². The molecule has 0 aliphatic carbocycles. The number of carbonyl (C=O) groups is 5. The lowest BCUT2D eigenvalue weighted by Gasteiger charge is -2.48. The molecule has 5 aromatic rings. The summed E-state index contributed by atoms with van der Waals surface area (Å²) in [5.41, 5.74) is 5.97. The summed E-state index contributed by atoms with van der Waals surface area (Å²) in [7, 11) is 1.71. The summed E-state index contributed by atoms with van der Waals surface area (Å²) < 4.78 is 14.7. The molecule has 0 spiro atoms. The van der Waals surface area contributed by atoms with Crippen LogP contribution in [0.15, 0.2) is 77.6 Å². The number of nitrogens with one attached hydrogen (secondary N) is 3. The van der Waals surface area contributed by atoms with Crippen molar-refractivity contribution in [3.8, 4) is 11.8 Å². The zero-order chi connectivity index (χ0) is 56.7. The van der Waals surface area contributed by atoms with Crippen molar-refractivity contribution in [2.45, 2.75) is 135 Å². The number of carbonyl (C=O) groups excluding carboxylic acids is 5. The van der Waals surface area contributed by atoms with E-state index in [9.17, 15) is 28.8 Å². The highest BCUT2D eigenvalue weighted by molar-refractivity contribution is 6.00. The molecule has 0 saturated carbocycles. The molecule has 5 amide bonds. The van der Waals surface area contributed by atoms with Gasteiger partial charge in [0.1, 0.15) is 11.6 Å². The third-order valence-corrected chi connectivity index (χ3v) is 18.0. The number of ether oxygens (including phenoxy) is 2. The predicted octanol–water partition coefficient (Wildman–Crippen LogP) is 8.07. The van der Waals surface area contributed by atoms with E-state index in [0.717, 1.165) is 142 Å². The second-order valence-electron chi connectivity index (χ2n) is 24.7. The number of aryl methyl sites for hydroxylation is 2. The number of nitrogens with zero attached hydrogens (tertiary/aromatic N) is 6. The number of imide groups is 1. The summed E-state index contributed by atoms with van der Waals surface area (Å²) in [5.74, 6) is 7.51. The summed E-state index contributed by atoms with van der Waals surface area (Å²) in [6, 6.07) is 23.4. The fourth-order valence-electron chi connectivity index (χ4n) is 13.6. The van der Waals surface area contributed by atoms with E-state index < -0.39 is 17.6 Å². The van der Waals surface area contributed by atoms with Gasteiger partial charge in [-0.1, -0.05) is 48.2 Å². The van der Waals surface area contributed by atoms with E-state index in [1.807, 2.05) is 82.0 Å². The number of benzene rings is 4. The molecule has 1 aromatic heterocycles. The van der Waals surface area contributed by atoms with Crippen LogP contribution in [0.4, 0.5) is 16.2 Å². The van der Waals surface area contributed by atoms with Crippen LogP contribution in [0.2, 0.25) is 0 Å². The largest absolute Gasteiger partial charge is 0.444 e. The molecule has 4 atom stereocenters. The summed E-state index contributed by atoms with van der Waals surface area (Å²) in [6.45, 7) is 16.8. The Morgan fingerprint density at radius 3 is 2.23 bits per heavy atom. The second-order valence-corrected chi connectivity index (χ2v) is 24.7. The van der Waals surface area contributed by atoms with Crippen molar-refractivity contribution in [1.82, 2.24) is 34.5 Å². The molecule has 17 heteroatoms. The molecule has 6 saturated heterocycles. The van der Waals surface area contributed by atoms with E-state index in [1.165, 1.54) is 4.57 Å². The molecule has 428 valence electrons. The van der Waals surface area contributed by atoms with Crippen LogP contribution in [0.25, 0.3) is 21.8 Å². The number of fused-ring (bicyclic) bond motifs is 4. The maximum absolute atomic E-state index is 14.0. The van der Waals surface area contributed by atoms with E-state index in [4.69, 9.17) is 9.47 Å². The Bertz CT molecular complexity index is 3330. The van der Waals surface area contributed by atoms with E-state index in [0.29, 0.717) is 42.6 Å². The van der Waals surface area contributed by atoms with Gasteiger partial charge < -0.3 is 34.8 Å². The Morgan fingerprint density at radius 1 is 0.815 bits per heavy atom. The molecule has 2 bridgehead atoms. The molecule has 6 aliphatic rings. The van der Waals surface area contributed by atoms with Crippen LogP contribution in [-0.2, 0) is 30.9 Å². The molecule has 3 unspecified atom stereocenters. The van der Waals surface area contributed by atoms with Crippen LogP contribution in [0, 0.1) is 36.5 Å². The minimum atomic E-state index is -0.720. The van der Waals surface area contributed by atoms with Crippen molar-refractivity contribution in [2.75, 3.05) is 69.2 Å². The molecule has 4 aromatic carbocycles. The van der Waals surface area contributed by atoms with E-state index in [1.54, 1.807) is 11.6 Å². The number of likely N-dealkylation sites (tertiary alicyclic amines) is 2. The third kappa shape index (κ3) is 12.1. The highest BCUT2D eigenvalue weighted by Crippen LogP contribution is 2.35. The van der Waals surface area contributed by atoms with Gasteiger partial charge in [-0.05, 0) is 170 Å². The van der Waals surface area contributed by atoms with Gasteiger partial charge in [0.15, 0.2) is 0 Å². The van der Waals surface area contributed by atoms with Crippen molar-refractivity contribution >= 4 is 62.9 Å². The van der Waals surface area contributed by atoms with Gasteiger partial charge in [0.25, 0.3) is 5.91 Å². The first-order valence-electron chi connectivity index (χ1n) is 29.6. The van der Waals surface area contributed by atoms with Crippen LogP contribution in [0.5, 0.6) is 0 Å². The topological polar surface area (TPSA) is 180 Å². The smallest absolute Gasteiger partial charge is 0.410 e. The number of rotatable bonds is 10. The van der Waals surface area contributed by atoms with Crippen LogP contribution in [-0.4, -0.2) is 136 Å². The van der Waals surface area contributed by atoms with Crippen molar-refractivity contribution < 1.29 is 33.4 Å². The zero-order valence-corrected chi connectivity index (χ0v) is 47.9. The lowest BCUT2D eigenvalue weighted by molar-refractivity contribution is -0.138. The van der Waals surface area contributed by atoms with Gasteiger partial charge in [-0.15, -0.1) is 0 Å². The van der Waals surface area contributed by atoms with Crippen LogP contribution >= 0.6 is 0 Å². The fourth-order valence-corrected chi connectivity index (χ4v) is 13.6. The number of hydrogen-bond donors (Lipinski definition) is 3. The molecule has 11 rings (SSSR count). The monoisotopic (exact) mass is 1100 g/mol. The highest BCUT2D eigenvalue weighted by Gasteiger charge is 2.44. The first kappa shape index (κ1) is 55.7. The fraction of sp³-hybridized carbons (Fsp3) is 0.531.